The van der Waals surface area contributed by atoms with Crippen LogP contribution in [0.4, 0.5) is 4.39 Å². The van der Waals surface area contributed by atoms with Crippen molar-refractivity contribution >= 4 is 5.91 Å². The second kappa shape index (κ2) is 6.94. The predicted molar refractivity (Wildman–Crippen MR) is 86.6 cm³/mol. The molecule has 23 heavy (non-hydrogen) atoms. The average Bonchev–Trinajstić information content (AvgIpc) is 3.00. The van der Waals surface area contributed by atoms with Gasteiger partial charge in [-0.25, -0.2) is 4.39 Å². The predicted octanol–water partition coefficient (Wildman–Crippen LogP) is 3.20. The van der Waals surface area contributed by atoms with Crippen LogP contribution in [-0.4, -0.2) is 34.1 Å². The molecule has 1 amide bonds. The van der Waals surface area contributed by atoms with Gasteiger partial charge < -0.3 is 4.90 Å². The summed E-state index contributed by atoms with van der Waals surface area (Å²) in [4.78, 5) is 14.4. The van der Waals surface area contributed by atoms with Crippen molar-refractivity contribution < 1.29 is 9.18 Å². The van der Waals surface area contributed by atoms with Crippen molar-refractivity contribution in [3.05, 3.63) is 53.1 Å². The summed E-state index contributed by atoms with van der Waals surface area (Å²) >= 11 is 0. The first-order valence-corrected chi connectivity index (χ1v) is 8.15. The van der Waals surface area contributed by atoms with E-state index in [0.717, 1.165) is 42.8 Å². The molecular formula is C18H22FN3O. The molecule has 3 rings (SSSR count). The first kappa shape index (κ1) is 15.7. The number of aromatic nitrogens is 2. The van der Waals surface area contributed by atoms with Gasteiger partial charge in [0.15, 0.2) is 0 Å². The highest BCUT2D eigenvalue weighted by atomic mass is 19.1. The van der Waals surface area contributed by atoms with Gasteiger partial charge in [0, 0.05) is 31.1 Å². The number of nitrogens with one attached hydrogen (secondary N) is 1. The van der Waals surface area contributed by atoms with Crippen molar-refractivity contribution in [3.8, 4) is 0 Å². The smallest absolute Gasteiger partial charge is 0.222 e. The fourth-order valence-corrected chi connectivity index (χ4v) is 3.27. The molecule has 1 saturated heterocycles. The summed E-state index contributed by atoms with van der Waals surface area (Å²) in [6.45, 7) is 3.63. The zero-order valence-electron chi connectivity index (χ0n) is 13.4. The lowest BCUT2D eigenvalue weighted by Gasteiger charge is -2.32. The first-order chi connectivity index (χ1) is 11.1. The molecule has 1 aliphatic heterocycles. The van der Waals surface area contributed by atoms with E-state index in [1.165, 1.54) is 12.1 Å². The SMILES string of the molecule is Cc1cn[nH]c1[C@H]1CCCN(C(=O)CCc2ccc(F)cc2)C1. The number of carbonyl (C=O) groups is 1. The number of aromatic amines is 1. The highest BCUT2D eigenvalue weighted by Gasteiger charge is 2.26. The summed E-state index contributed by atoms with van der Waals surface area (Å²) in [6.07, 6.45) is 5.07. The van der Waals surface area contributed by atoms with E-state index in [9.17, 15) is 9.18 Å². The number of rotatable bonds is 4. The summed E-state index contributed by atoms with van der Waals surface area (Å²) in [6, 6.07) is 6.38. The second-order valence-electron chi connectivity index (χ2n) is 6.27. The van der Waals surface area contributed by atoms with Gasteiger partial charge >= 0.3 is 0 Å². The third-order valence-corrected chi connectivity index (χ3v) is 4.59. The first-order valence-electron chi connectivity index (χ1n) is 8.15. The molecule has 1 aromatic heterocycles. The summed E-state index contributed by atoms with van der Waals surface area (Å²) < 4.78 is 12.9. The zero-order valence-corrected chi connectivity index (χ0v) is 13.4. The maximum Gasteiger partial charge on any atom is 0.222 e. The lowest BCUT2D eigenvalue weighted by atomic mass is 9.92. The van der Waals surface area contributed by atoms with Crippen molar-refractivity contribution in [1.29, 1.82) is 0 Å². The number of halogens is 1. The number of piperidine rings is 1. The molecular weight excluding hydrogens is 293 g/mol. The highest BCUT2D eigenvalue weighted by Crippen LogP contribution is 2.27. The Hall–Kier alpha value is -2.17. The van der Waals surface area contributed by atoms with Gasteiger partial charge in [-0.15, -0.1) is 0 Å². The van der Waals surface area contributed by atoms with Crippen molar-refractivity contribution in [2.45, 2.75) is 38.5 Å². The van der Waals surface area contributed by atoms with Crippen LogP contribution < -0.4 is 0 Å². The molecule has 1 aromatic carbocycles. The number of aryl methyl sites for hydroxylation is 2. The molecule has 4 nitrogen and oxygen atoms in total. The van der Waals surface area contributed by atoms with Crippen LogP contribution in [0.2, 0.25) is 0 Å². The van der Waals surface area contributed by atoms with Crippen LogP contribution in [0.5, 0.6) is 0 Å². The van der Waals surface area contributed by atoms with Gasteiger partial charge in [0.2, 0.25) is 5.91 Å². The van der Waals surface area contributed by atoms with E-state index in [2.05, 4.69) is 10.2 Å². The van der Waals surface area contributed by atoms with Gasteiger partial charge in [-0.3, -0.25) is 9.89 Å². The minimum atomic E-state index is -0.242. The topological polar surface area (TPSA) is 49.0 Å². The van der Waals surface area contributed by atoms with E-state index in [4.69, 9.17) is 0 Å². The number of carbonyl (C=O) groups excluding carboxylic acids is 1. The molecule has 1 aliphatic rings. The maximum absolute atomic E-state index is 12.9. The monoisotopic (exact) mass is 315 g/mol. The second-order valence-corrected chi connectivity index (χ2v) is 6.27. The third kappa shape index (κ3) is 3.78. The number of hydrogen-bond donors (Lipinski definition) is 1. The molecule has 1 fully saturated rings. The Kier molecular flexibility index (Phi) is 4.74. The normalized spacial score (nSPS) is 18.2. The van der Waals surface area contributed by atoms with Crippen molar-refractivity contribution in [2.75, 3.05) is 13.1 Å². The zero-order chi connectivity index (χ0) is 16.2. The van der Waals surface area contributed by atoms with E-state index in [1.807, 2.05) is 18.0 Å². The molecule has 1 N–H and O–H groups in total. The highest BCUT2D eigenvalue weighted by molar-refractivity contribution is 5.76. The van der Waals surface area contributed by atoms with E-state index in [1.54, 1.807) is 12.1 Å². The van der Waals surface area contributed by atoms with Crippen LogP contribution in [0.25, 0.3) is 0 Å². The fraction of sp³-hybridized carbons (Fsp3) is 0.444. The average molecular weight is 315 g/mol. The number of nitrogens with zero attached hydrogens (tertiary/aromatic N) is 2. The van der Waals surface area contributed by atoms with Crippen molar-refractivity contribution in [2.24, 2.45) is 0 Å². The van der Waals surface area contributed by atoms with Crippen LogP contribution in [0.3, 0.4) is 0 Å². The van der Waals surface area contributed by atoms with Gasteiger partial charge in [-0.1, -0.05) is 12.1 Å². The molecule has 0 spiro atoms. The molecule has 0 aliphatic carbocycles. The Balaban J connectivity index is 1.56. The number of H-pyrrole nitrogens is 1. The molecule has 0 bridgehead atoms. The van der Waals surface area contributed by atoms with Crippen LogP contribution in [-0.2, 0) is 11.2 Å². The Morgan fingerprint density at radius 3 is 2.87 bits per heavy atom. The molecule has 2 aromatic rings. The molecule has 0 radical (unpaired) electrons. The van der Waals surface area contributed by atoms with Crippen LogP contribution in [0.1, 0.15) is 42.0 Å². The van der Waals surface area contributed by atoms with Crippen molar-refractivity contribution in [1.82, 2.24) is 15.1 Å². The van der Waals surface area contributed by atoms with Crippen molar-refractivity contribution in [3.63, 3.8) is 0 Å². The van der Waals surface area contributed by atoms with Gasteiger partial charge in [0.25, 0.3) is 0 Å². The summed E-state index contributed by atoms with van der Waals surface area (Å²) in [5, 5.41) is 7.17. The summed E-state index contributed by atoms with van der Waals surface area (Å²) in [5.74, 6) is 0.283. The quantitative estimate of drug-likeness (QED) is 0.942. The molecule has 5 heteroatoms. The molecule has 2 heterocycles. The van der Waals surface area contributed by atoms with Crippen LogP contribution in [0.15, 0.2) is 30.5 Å². The largest absolute Gasteiger partial charge is 0.342 e. The standard InChI is InChI=1S/C18H22FN3O/c1-13-11-20-21-18(13)15-3-2-10-22(12-15)17(23)9-6-14-4-7-16(19)8-5-14/h4-5,7-8,11,15H,2-3,6,9-10,12H2,1H3,(H,20,21)/t15-/m0/s1. The molecule has 0 saturated carbocycles. The van der Waals surface area contributed by atoms with Gasteiger partial charge in [0.05, 0.1) is 6.20 Å². The van der Waals surface area contributed by atoms with Crippen LogP contribution in [0, 0.1) is 12.7 Å². The molecule has 1 atom stereocenters. The van der Waals surface area contributed by atoms with E-state index in [-0.39, 0.29) is 11.7 Å². The lowest BCUT2D eigenvalue weighted by molar-refractivity contribution is -0.132. The van der Waals surface area contributed by atoms with E-state index < -0.39 is 0 Å². The third-order valence-electron chi connectivity index (χ3n) is 4.59. The van der Waals surface area contributed by atoms with E-state index >= 15 is 0 Å². The molecule has 0 unspecified atom stereocenters. The Morgan fingerprint density at radius 1 is 1.39 bits per heavy atom. The molecule has 122 valence electrons. The Bertz CT molecular complexity index is 665. The minimum Gasteiger partial charge on any atom is -0.342 e. The fourth-order valence-electron chi connectivity index (χ4n) is 3.27. The Labute approximate surface area is 135 Å². The van der Waals surface area contributed by atoms with Gasteiger partial charge in [-0.05, 0) is 49.4 Å². The van der Waals surface area contributed by atoms with Gasteiger partial charge in [0.1, 0.15) is 5.82 Å². The Morgan fingerprint density at radius 2 is 2.17 bits per heavy atom. The number of benzene rings is 1. The maximum atomic E-state index is 12.9. The number of amides is 1. The summed E-state index contributed by atoms with van der Waals surface area (Å²) in [7, 11) is 0. The summed E-state index contributed by atoms with van der Waals surface area (Å²) in [5.41, 5.74) is 3.31. The van der Waals surface area contributed by atoms with Crippen LogP contribution >= 0.6 is 0 Å². The van der Waals surface area contributed by atoms with E-state index in [0.29, 0.717) is 18.8 Å². The minimum absolute atomic E-state index is 0.177. The van der Waals surface area contributed by atoms with Gasteiger partial charge in [-0.2, -0.15) is 5.10 Å². The number of hydrogen-bond acceptors (Lipinski definition) is 2. The number of likely N-dealkylation sites (tertiary alicyclic amines) is 1. The lowest BCUT2D eigenvalue weighted by Crippen LogP contribution is -2.39.